The van der Waals surface area contributed by atoms with E-state index < -0.39 is 0 Å². The Kier molecular flexibility index (Phi) is 21.2. The molecule has 32 heavy (non-hydrogen) atoms. The van der Waals surface area contributed by atoms with Gasteiger partial charge in [0.15, 0.2) is 0 Å². The highest BCUT2D eigenvalue weighted by molar-refractivity contribution is 4.81. The Morgan fingerprint density at radius 2 is 0.812 bits per heavy atom. The number of hydrogen-bond donors (Lipinski definition) is 0. The highest BCUT2D eigenvalue weighted by atomic mass is 16.5. The number of nitrogens with zero attached hydrogens (tertiary/aromatic N) is 4. The lowest BCUT2D eigenvalue weighted by atomic mass is 10.0. The molecule has 4 aliphatic rings. The molecule has 4 aliphatic heterocycles. The van der Waals surface area contributed by atoms with E-state index in [2.05, 4.69) is 33.7 Å². The maximum Gasteiger partial charge on any atom is 0.0594 e. The summed E-state index contributed by atoms with van der Waals surface area (Å²) in [5.41, 5.74) is 0. The largest absolute Gasteiger partial charge is 0.379 e. The summed E-state index contributed by atoms with van der Waals surface area (Å²) in [5, 5.41) is 0. The highest BCUT2D eigenvalue weighted by Crippen LogP contribution is 2.20. The molecule has 0 bridgehead atoms. The van der Waals surface area contributed by atoms with E-state index in [9.17, 15) is 0 Å². The molecule has 4 saturated heterocycles. The minimum absolute atomic E-state index is 0.833. The highest BCUT2D eigenvalue weighted by Gasteiger charge is 2.25. The van der Waals surface area contributed by atoms with Crippen LogP contribution in [-0.2, 0) is 4.74 Å². The Labute approximate surface area is 202 Å². The Bertz CT molecular complexity index is 332. The van der Waals surface area contributed by atoms with Gasteiger partial charge < -0.3 is 19.4 Å². The van der Waals surface area contributed by atoms with E-state index in [1.54, 1.807) is 0 Å². The van der Waals surface area contributed by atoms with Gasteiger partial charge in [0.25, 0.3) is 0 Å². The first-order valence-electron chi connectivity index (χ1n) is 14.2. The lowest BCUT2D eigenvalue weighted by Crippen LogP contribution is -2.48. The van der Waals surface area contributed by atoms with Crippen molar-refractivity contribution in [3.8, 4) is 0 Å². The van der Waals surface area contributed by atoms with Crippen LogP contribution in [0.15, 0.2) is 0 Å². The van der Waals surface area contributed by atoms with Gasteiger partial charge in [-0.25, -0.2) is 0 Å². The third-order valence-corrected chi connectivity index (χ3v) is 6.85. The molecule has 0 aromatic carbocycles. The molecular formula is C27H60N4O. The van der Waals surface area contributed by atoms with Crippen molar-refractivity contribution in [3.05, 3.63) is 0 Å². The molecule has 0 amide bonds. The average Bonchev–Trinajstić information content (AvgIpc) is 2.90. The van der Waals surface area contributed by atoms with Gasteiger partial charge in [0, 0.05) is 25.2 Å². The molecule has 0 N–H and O–H groups in total. The Morgan fingerprint density at radius 3 is 1.19 bits per heavy atom. The molecule has 0 spiro atoms. The second-order valence-electron chi connectivity index (χ2n) is 8.81. The molecule has 0 radical (unpaired) electrons. The summed E-state index contributed by atoms with van der Waals surface area (Å²) in [4.78, 5) is 10.2. The van der Waals surface area contributed by atoms with Crippen LogP contribution in [-0.4, -0.2) is 111 Å². The fourth-order valence-corrected chi connectivity index (χ4v) is 4.95. The van der Waals surface area contributed by atoms with Gasteiger partial charge in [-0.1, -0.05) is 48.0 Å². The number of hydrogen-bond acceptors (Lipinski definition) is 5. The maximum absolute atomic E-state index is 5.36. The molecular weight excluding hydrogens is 396 g/mol. The number of ether oxygens (including phenoxy) is 1. The van der Waals surface area contributed by atoms with Crippen molar-refractivity contribution in [1.82, 2.24) is 19.6 Å². The van der Waals surface area contributed by atoms with E-state index >= 15 is 0 Å². The van der Waals surface area contributed by atoms with Crippen molar-refractivity contribution in [1.29, 1.82) is 0 Å². The third-order valence-electron chi connectivity index (χ3n) is 6.85. The standard InChI is InChI=1S/C11H22N2.C10H20N2O.3C2H6/c1-12-9-5-11(6-10-12)13-7-3-2-4-8-13;1-11-4-2-10(3-5-11)12-6-8-13-9-7-12;3*1-2/h11H,2-10H2,1H3;10H,2-9H2,1H3;3*1-2H3. The zero-order chi connectivity index (χ0) is 24.2. The zero-order valence-corrected chi connectivity index (χ0v) is 23.4. The summed E-state index contributed by atoms with van der Waals surface area (Å²) >= 11 is 0. The quantitative estimate of drug-likeness (QED) is 0.578. The average molecular weight is 457 g/mol. The molecule has 4 rings (SSSR count). The summed E-state index contributed by atoms with van der Waals surface area (Å²) in [6.07, 6.45) is 9.82. The van der Waals surface area contributed by atoms with E-state index in [0.29, 0.717) is 0 Å². The van der Waals surface area contributed by atoms with Crippen molar-refractivity contribution < 1.29 is 4.74 Å². The number of rotatable bonds is 2. The predicted octanol–water partition coefficient (Wildman–Crippen LogP) is 5.06. The molecule has 0 aromatic rings. The second-order valence-corrected chi connectivity index (χ2v) is 8.81. The summed E-state index contributed by atoms with van der Waals surface area (Å²) in [7, 11) is 4.46. The van der Waals surface area contributed by atoms with Crippen LogP contribution in [0, 0.1) is 0 Å². The van der Waals surface area contributed by atoms with Crippen molar-refractivity contribution >= 4 is 0 Å². The van der Waals surface area contributed by atoms with Gasteiger partial charge in [-0.3, -0.25) is 4.90 Å². The lowest BCUT2D eigenvalue weighted by Gasteiger charge is -2.39. The van der Waals surface area contributed by atoms with Crippen LogP contribution >= 0.6 is 0 Å². The molecule has 4 fully saturated rings. The van der Waals surface area contributed by atoms with Crippen LogP contribution < -0.4 is 0 Å². The van der Waals surface area contributed by atoms with Gasteiger partial charge >= 0.3 is 0 Å². The minimum atomic E-state index is 0.833. The topological polar surface area (TPSA) is 22.2 Å². The fraction of sp³-hybridized carbons (Fsp3) is 1.00. The van der Waals surface area contributed by atoms with E-state index in [0.717, 1.165) is 38.4 Å². The first-order chi connectivity index (χ1) is 15.7. The van der Waals surface area contributed by atoms with Crippen LogP contribution in [0.2, 0.25) is 0 Å². The molecule has 0 aromatic heterocycles. The molecule has 5 nitrogen and oxygen atoms in total. The molecule has 194 valence electrons. The molecule has 0 atom stereocenters. The molecule has 0 unspecified atom stereocenters. The smallest absolute Gasteiger partial charge is 0.0594 e. The van der Waals surface area contributed by atoms with E-state index in [4.69, 9.17) is 4.74 Å². The number of likely N-dealkylation sites (tertiary alicyclic amines) is 3. The SMILES string of the molecule is CC.CC.CC.CN1CCC(N2CCCCC2)CC1.CN1CCC(N2CCOCC2)CC1. The van der Waals surface area contributed by atoms with Gasteiger partial charge in [0.05, 0.1) is 13.2 Å². The Morgan fingerprint density at radius 1 is 0.469 bits per heavy atom. The molecule has 0 aliphatic carbocycles. The normalized spacial score (nSPS) is 24.4. The van der Waals surface area contributed by atoms with Gasteiger partial charge in [0.2, 0.25) is 0 Å². The summed E-state index contributed by atoms with van der Waals surface area (Å²) in [6, 6.07) is 1.75. The predicted molar refractivity (Wildman–Crippen MR) is 143 cm³/mol. The van der Waals surface area contributed by atoms with Crippen molar-refractivity contribution in [3.63, 3.8) is 0 Å². The number of morpholine rings is 1. The van der Waals surface area contributed by atoms with Crippen LogP contribution in [0.25, 0.3) is 0 Å². The van der Waals surface area contributed by atoms with Gasteiger partial charge in [-0.2, -0.15) is 0 Å². The van der Waals surface area contributed by atoms with Crippen LogP contribution in [0.5, 0.6) is 0 Å². The lowest BCUT2D eigenvalue weighted by molar-refractivity contribution is 0.00290. The second kappa shape index (κ2) is 21.3. The molecule has 4 heterocycles. The van der Waals surface area contributed by atoms with Gasteiger partial charge in [0.1, 0.15) is 0 Å². The summed E-state index contributed by atoms with van der Waals surface area (Å²) in [5.74, 6) is 0. The Balaban J connectivity index is 0.000000488. The van der Waals surface area contributed by atoms with Gasteiger partial charge in [-0.15, -0.1) is 0 Å². The van der Waals surface area contributed by atoms with E-state index in [1.807, 2.05) is 41.5 Å². The fourth-order valence-electron chi connectivity index (χ4n) is 4.95. The maximum atomic E-state index is 5.36. The van der Waals surface area contributed by atoms with Crippen LogP contribution in [0.4, 0.5) is 0 Å². The van der Waals surface area contributed by atoms with E-state index in [1.165, 1.54) is 84.2 Å². The molecule has 5 heteroatoms. The first-order valence-corrected chi connectivity index (χ1v) is 14.2. The van der Waals surface area contributed by atoms with Crippen molar-refractivity contribution in [2.24, 2.45) is 0 Å². The monoisotopic (exact) mass is 456 g/mol. The zero-order valence-electron chi connectivity index (χ0n) is 23.4. The Hall–Kier alpha value is -0.200. The first kappa shape index (κ1) is 31.8. The van der Waals surface area contributed by atoms with E-state index in [-0.39, 0.29) is 0 Å². The minimum Gasteiger partial charge on any atom is -0.379 e. The summed E-state index contributed by atoms with van der Waals surface area (Å²) < 4.78 is 5.36. The summed E-state index contributed by atoms with van der Waals surface area (Å²) in [6.45, 7) is 24.1. The van der Waals surface area contributed by atoms with Gasteiger partial charge in [-0.05, 0) is 91.9 Å². The third kappa shape index (κ3) is 12.9. The van der Waals surface area contributed by atoms with Crippen molar-refractivity contribution in [2.75, 3.05) is 79.7 Å². The number of piperidine rings is 3. The van der Waals surface area contributed by atoms with Crippen molar-refractivity contribution in [2.45, 2.75) is 98.6 Å². The van der Waals surface area contributed by atoms with Crippen LogP contribution in [0.3, 0.4) is 0 Å². The molecule has 0 saturated carbocycles. The van der Waals surface area contributed by atoms with Crippen LogP contribution in [0.1, 0.15) is 86.5 Å².